The van der Waals surface area contributed by atoms with E-state index in [4.69, 9.17) is 0 Å². The van der Waals surface area contributed by atoms with Gasteiger partial charge in [0.25, 0.3) is 17.5 Å². The highest BCUT2D eigenvalue weighted by atomic mass is 32.1. The van der Waals surface area contributed by atoms with Crippen molar-refractivity contribution in [2.24, 2.45) is 0 Å². The number of aromatic nitrogens is 2. The third-order valence-electron chi connectivity index (χ3n) is 4.41. The van der Waals surface area contributed by atoms with Crippen LogP contribution in [0.5, 0.6) is 0 Å². The maximum absolute atomic E-state index is 12.5. The van der Waals surface area contributed by atoms with Crippen LogP contribution in [-0.4, -0.2) is 26.9 Å². The molecule has 0 saturated heterocycles. The molecule has 3 aromatic carbocycles. The molecule has 4 rings (SSSR count). The van der Waals surface area contributed by atoms with Crippen LogP contribution in [0, 0.1) is 10.1 Å². The predicted molar refractivity (Wildman–Crippen MR) is 121 cm³/mol. The van der Waals surface area contributed by atoms with Gasteiger partial charge in [0, 0.05) is 34.5 Å². The van der Waals surface area contributed by atoms with Gasteiger partial charge in [-0.05, 0) is 36.4 Å². The van der Waals surface area contributed by atoms with Crippen LogP contribution in [0.4, 0.5) is 16.5 Å². The molecular formula is C22H15N5O4S. The van der Waals surface area contributed by atoms with Crippen LogP contribution in [0.25, 0.3) is 10.6 Å². The van der Waals surface area contributed by atoms with E-state index >= 15 is 0 Å². The predicted octanol–water partition coefficient (Wildman–Crippen LogP) is 4.62. The topological polar surface area (TPSA) is 127 Å². The molecule has 0 spiro atoms. The highest BCUT2D eigenvalue weighted by Crippen LogP contribution is 2.26. The maximum atomic E-state index is 12.5. The smallest absolute Gasteiger partial charge is 0.269 e. The van der Waals surface area contributed by atoms with E-state index in [1.54, 1.807) is 24.3 Å². The molecule has 0 unspecified atom stereocenters. The Hall–Kier alpha value is -4.44. The summed E-state index contributed by atoms with van der Waals surface area (Å²) in [5.41, 5.74) is 1.96. The summed E-state index contributed by atoms with van der Waals surface area (Å²) in [7, 11) is 0. The molecule has 0 atom stereocenters. The monoisotopic (exact) mass is 445 g/mol. The van der Waals surface area contributed by atoms with Crippen LogP contribution < -0.4 is 10.6 Å². The van der Waals surface area contributed by atoms with Gasteiger partial charge in [-0.3, -0.25) is 25.0 Å². The second kappa shape index (κ2) is 9.14. The number of carbonyl (C=O) groups is 2. The Morgan fingerprint density at radius 3 is 2.00 bits per heavy atom. The Kier molecular flexibility index (Phi) is 5.95. The van der Waals surface area contributed by atoms with Crippen molar-refractivity contribution in [2.75, 3.05) is 10.6 Å². The second-order valence-electron chi connectivity index (χ2n) is 6.57. The van der Waals surface area contributed by atoms with Crippen molar-refractivity contribution < 1.29 is 14.5 Å². The van der Waals surface area contributed by atoms with E-state index in [9.17, 15) is 19.7 Å². The first-order valence-electron chi connectivity index (χ1n) is 9.36. The fourth-order valence-corrected chi connectivity index (χ4v) is 3.53. The molecule has 2 N–H and O–H groups in total. The minimum absolute atomic E-state index is 0.0942. The first kappa shape index (κ1) is 20.8. The lowest BCUT2D eigenvalue weighted by atomic mass is 10.1. The van der Waals surface area contributed by atoms with Gasteiger partial charge in [0.1, 0.15) is 5.01 Å². The maximum Gasteiger partial charge on any atom is 0.269 e. The van der Waals surface area contributed by atoms with Gasteiger partial charge in [-0.1, -0.05) is 41.7 Å². The number of non-ortho nitro benzene ring substituents is 1. The van der Waals surface area contributed by atoms with Crippen molar-refractivity contribution in [2.45, 2.75) is 0 Å². The average molecular weight is 445 g/mol. The van der Waals surface area contributed by atoms with E-state index in [0.717, 1.165) is 5.56 Å². The molecule has 10 heteroatoms. The van der Waals surface area contributed by atoms with E-state index in [1.807, 2.05) is 30.3 Å². The van der Waals surface area contributed by atoms with Crippen LogP contribution in [0.3, 0.4) is 0 Å². The van der Waals surface area contributed by atoms with Crippen molar-refractivity contribution >= 4 is 39.7 Å². The molecule has 0 aliphatic heterocycles. The highest BCUT2D eigenvalue weighted by Gasteiger charge is 2.13. The van der Waals surface area contributed by atoms with Crippen LogP contribution in [-0.2, 0) is 0 Å². The minimum atomic E-state index is -0.532. The standard InChI is InChI=1S/C22H15N5O4S/c28-19(15-8-12-18(13-9-15)27(30)31)23-17-10-6-14(7-11-17)20(29)24-22-26-25-21(32-22)16-4-2-1-3-5-16/h1-13H,(H,23,28)(H,24,26,29). The molecule has 0 saturated carbocycles. The number of hydrogen-bond acceptors (Lipinski definition) is 7. The summed E-state index contributed by atoms with van der Waals surface area (Å²) < 4.78 is 0. The van der Waals surface area contributed by atoms with E-state index < -0.39 is 10.8 Å². The second-order valence-corrected chi connectivity index (χ2v) is 7.55. The summed E-state index contributed by atoms with van der Waals surface area (Å²) in [4.78, 5) is 35.0. The van der Waals surface area contributed by atoms with Crippen LogP contribution in [0.1, 0.15) is 20.7 Å². The van der Waals surface area contributed by atoms with E-state index in [1.165, 1.54) is 35.6 Å². The Morgan fingerprint density at radius 1 is 0.781 bits per heavy atom. The number of anilines is 2. The lowest BCUT2D eigenvalue weighted by molar-refractivity contribution is -0.384. The quantitative estimate of drug-likeness (QED) is 0.329. The van der Waals surface area contributed by atoms with Gasteiger partial charge in [-0.15, -0.1) is 10.2 Å². The van der Waals surface area contributed by atoms with Gasteiger partial charge < -0.3 is 5.32 Å². The Bertz CT molecular complexity index is 1270. The third kappa shape index (κ3) is 4.82. The van der Waals surface area contributed by atoms with E-state index in [0.29, 0.717) is 21.4 Å². The molecule has 158 valence electrons. The van der Waals surface area contributed by atoms with Gasteiger partial charge in [0.05, 0.1) is 4.92 Å². The van der Waals surface area contributed by atoms with Gasteiger partial charge in [-0.25, -0.2) is 0 Å². The zero-order valence-electron chi connectivity index (χ0n) is 16.4. The van der Waals surface area contributed by atoms with Crippen molar-refractivity contribution in [1.82, 2.24) is 10.2 Å². The molecule has 0 bridgehead atoms. The van der Waals surface area contributed by atoms with Crippen LogP contribution >= 0.6 is 11.3 Å². The van der Waals surface area contributed by atoms with Gasteiger partial charge >= 0.3 is 0 Å². The molecule has 0 fully saturated rings. The number of nitro groups is 1. The number of amides is 2. The summed E-state index contributed by atoms with van der Waals surface area (Å²) >= 11 is 1.27. The van der Waals surface area contributed by atoms with Crippen molar-refractivity contribution in [1.29, 1.82) is 0 Å². The number of rotatable bonds is 6. The lowest BCUT2D eigenvalue weighted by Crippen LogP contribution is -2.13. The third-order valence-corrected chi connectivity index (χ3v) is 5.30. The molecule has 0 aliphatic rings. The summed E-state index contributed by atoms with van der Waals surface area (Å²) in [6, 6.07) is 21.1. The zero-order chi connectivity index (χ0) is 22.5. The first-order valence-corrected chi connectivity index (χ1v) is 10.2. The molecule has 1 heterocycles. The van der Waals surface area contributed by atoms with Crippen LogP contribution in [0.2, 0.25) is 0 Å². The highest BCUT2D eigenvalue weighted by molar-refractivity contribution is 7.18. The Labute approximate surface area is 185 Å². The number of carbonyl (C=O) groups excluding carboxylic acids is 2. The number of nitrogens with one attached hydrogen (secondary N) is 2. The molecule has 9 nitrogen and oxygen atoms in total. The largest absolute Gasteiger partial charge is 0.322 e. The minimum Gasteiger partial charge on any atom is -0.322 e. The fourth-order valence-electron chi connectivity index (χ4n) is 2.78. The number of benzene rings is 3. The fraction of sp³-hybridized carbons (Fsp3) is 0. The number of nitrogens with zero attached hydrogens (tertiary/aromatic N) is 3. The summed E-state index contributed by atoms with van der Waals surface area (Å²) in [6.07, 6.45) is 0. The van der Waals surface area contributed by atoms with Crippen molar-refractivity contribution in [3.8, 4) is 10.6 Å². The molecular weight excluding hydrogens is 430 g/mol. The van der Waals surface area contributed by atoms with Crippen molar-refractivity contribution in [3.05, 3.63) is 100 Å². The SMILES string of the molecule is O=C(Nc1ccc(C(=O)Nc2nnc(-c3ccccc3)s2)cc1)c1ccc([N+](=O)[O-])cc1. The summed E-state index contributed by atoms with van der Waals surface area (Å²) in [6.45, 7) is 0. The van der Waals surface area contributed by atoms with Crippen LogP contribution in [0.15, 0.2) is 78.9 Å². The van der Waals surface area contributed by atoms with E-state index in [-0.39, 0.29) is 17.2 Å². The molecule has 32 heavy (non-hydrogen) atoms. The van der Waals surface area contributed by atoms with Crippen molar-refractivity contribution in [3.63, 3.8) is 0 Å². The summed E-state index contributed by atoms with van der Waals surface area (Å²) in [5, 5.41) is 25.3. The molecule has 4 aromatic rings. The molecule has 2 amide bonds. The molecule has 1 aromatic heterocycles. The number of hydrogen-bond donors (Lipinski definition) is 2. The zero-order valence-corrected chi connectivity index (χ0v) is 17.2. The van der Waals surface area contributed by atoms with Gasteiger partial charge in [0.15, 0.2) is 0 Å². The lowest BCUT2D eigenvalue weighted by Gasteiger charge is -2.06. The molecule has 0 radical (unpaired) electrons. The first-order chi connectivity index (χ1) is 15.5. The van der Waals surface area contributed by atoms with Gasteiger partial charge in [0.2, 0.25) is 5.13 Å². The Balaban J connectivity index is 1.38. The Morgan fingerprint density at radius 2 is 1.38 bits per heavy atom. The number of nitro benzene ring substituents is 1. The molecule has 0 aliphatic carbocycles. The summed E-state index contributed by atoms with van der Waals surface area (Å²) in [5.74, 6) is -0.770. The van der Waals surface area contributed by atoms with E-state index in [2.05, 4.69) is 20.8 Å². The van der Waals surface area contributed by atoms with Gasteiger partial charge in [-0.2, -0.15) is 0 Å². The average Bonchev–Trinajstić information content (AvgIpc) is 3.28. The normalized spacial score (nSPS) is 10.4.